The number of rotatable bonds is 3. The Hall–Kier alpha value is -1.14. The van der Waals surface area contributed by atoms with E-state index in [2.05, 4.69) is 4.98 Å². The minimum Gasteiger partial charge on any atom is -0.481 e. The molecule has 0 aliphatic carbocycles. The molecule has 18 heavy (non-hydrogen) atoms. The van der Waals surface area contributed by atoms with Gasteiger partial charge in [-0.2, -0.15) is 0 Å². The van der Waals surface area contributed by atoms with Gasteiger partial charge in [0.25, 0.3) is 0 Å². The zero-order valence-electron chi connectivity index (χ0n) is 9.47. The third-order valence-electron chi connectivity index (χ3n) is 3.23. The summed E-state index contributed by atoms with van der Waals surface area (Å²) in [6, 6.07) is 1.62. The summed E-state index contributed by atoms with van der Waals surface area (Å²) < 4.78 is 23.0. The summed E-state index contributed by atoms with van der Waals surface area (Å²) >= 11 is 5.94. The van der Waals surface area contributed by atoms with Crippen molar-refractivity contribution < 1.29 is 18.3 Å². The Morgan fingerprint density at radius 3 is 2.78 bits per heavy atom. The monoisotopic (exact) mass is 289 g/mol. The summed E-state index contributed by atoms with van der Waals surface area (Å²) in [5, 5.41) is 9.69. The normalized spacial score (nSPS) is 26.1. The number of carboxylic acid groups (broad SMARTS) is 1. The fraction of sp³-hybridized carbons (Fsp3) is 0.455. The molecule has 0 saturated carbocycles. The first-order valence-corrected chi connectivity index (χ1v) is 7.57. The highest BCUT2D eigenvalue weighted by atomic mass is 35.5. The third-order valence-corrected chi connectivity index (χ3v) is 5.39. The predicted molar refractivity (Wildman–Crippen MR) is 66.3 cm³/mol. The van der Waals surface area contributed by atoms with Crippen LogP contribution in [0.4, 0.5) is 0 Å². The van der Waals surface area contributed by atoms with Gasteiger partial charge in [0.1, 0.15) is 0 Å². The number of hydrogen-bond donors (Lipinski definition) is 1. The Morgan fingerprint density at radius 1 is 1.56 bits per heavy atom. The average Bonchev–Trinajstić information content (AvgIpc) is 2.59. The molecule has 1 N–H and O–H groups in total. The molecule has 2 heterocycles. The van der Waals surface area contributed by atoms with Crippen LogP contribution in [0.1, 0.15) is 12.0 Å². The summed E-state index contributed by atoms with van der Waals surface area (Å²) in [7, 11) is -3.27. The molecule has 0 aromatic carbocycles. The topological polar surface area (TPSA) is 84.3 Å². The highest BCUT2D eigenvalue weighted by molar-refractivity contribution is 7.91. The van der Waals surface area contributed by atoms with Crippen LogP contribution in [0.15, 0.2) is 18.5 Å². The summed E-state index contributed by atoms with van der Waals surface area (Å²) in [6.07, 6.45) is 3.18. The zero-order chi connectivity index (χ0) is 13.4. The van der Waals surface area contributed by atoms with Crippen molar-refractivity contribution >= 4 is 27.4 Å². The average molecular weight is 290 g/mol. The van der Waals surface area contributed by atoms with Crippen LogP contribution in [-0.2, 0) is 21.1 Å². The Labute approximate surface area is 110 Å². The van der Waals surface area contributed by atoms with Gasteiger partial charge in [0.15, 0.2) is 9.84 Å². The molecule has 1 saturated heterocycles. The maximum absolute atomic E-state index is 11.5. The Morgan fingerprint density at radius 2 is 2.28 bits per heavy atom. The lowest BCUT2D eigenvalue weighted by Gasteiger charge is -2.22. The van der Waals surface area contributed by atoms with E-state index in [4.69, 9.17) is 11.6 Å². The molecule has 1 aromatic heterocycles. The smallest absolute Gasteiger partial charge is 0.311 e. The van der Waals surface area contributed by atoms with E-state index in [1.54, 1.807) is 6.07 Å². The summed E-state index contributed by atoms with van der Waals surface area (Å²) in [5.74, 6) is -1.49. The number of sulfone groups is 1. The SMILES string of the molecule is O=C(O)C1(Cc2ccncc2Cl)CCS(=O)(=O)C1. The molecular formula is C11H12ClNO4S. The van der Waals surface area contributed by atoms with E-state index in [0.717, 1.165) is 0 Å². The van der Waals surface area contributed by atoms with E-state index in [0.29, 0.717) is 10.6 Å². The van der Waals surface area contributed by atoms with Gasteiger partial charge in [-0.15, -0.1) is 0 Å². The highest BCUT2D eigenvalue weighted by Gasteiger charge is 2.48. The van der Waals surface area contributed by atoms with Crippen LogP contribution in [0.2, 0.25) is 5.02 Å². The molecule has 5 nitrogen and oxygen atoms in total. The second kappa shape index (κ2) is 4.51. The van der Waals surface area contributed by atoms with Crippen LogP contribution in [0.5, 0.6) is 0 Å². The second-order valence-electron chi connectivity index (χ2n) is 4.57. The van der Waals surface area contributed by atoms with Gasteiger partial charge in [-0.05, 0) is 24.5 Å². The van der Waals surface area contributed by atoms with E-state index in [1.165, 1.54) is 12.4 Å². The lowest BCUT2D eigenvalue weighted by molar-refractivity contribution is -0.147. The van der Waals surface area contributed by atoms with Gasteiger partial charge < -0.3 is 5.11 Å². The van der Waals surface area contributed by atoms with E-state index in [9.17, 15) is 18.3 Å². The van der Waals surface area contributed by atoms with E-state index < -0.39 is 21.2 Å². The molecular weight excluding hydrogens is 278 g/mol. The maximum Gasteiger partial charge on any atom is 0.311 e. The van der Waals surface area contributed by atoms with Crippen LogP contribution in [0.25, 0.3) is 0 Å². The molecule has 0 spiro atoms. The summed E-state index contributed by atoms with van der Waals surface area (Å²) in [6.45, 7) is 0. The number of carboxylic acids is 1. The van der Waals surface area contributed by atoms with Gasteiger partial charge in [-0.3, -0.25) is 9.78 Å². The van der Waals surface area contributed by atoms with Gasteiger partial charge in [0.05, 0.1) is 21.9 Å². The van der Waals surface area contributed by atoms with Gasteiger partial charge in [0.2, 0.25) is 0 Å². The largest absolute Gasteiger partial charge is 0.481 e. The fourth-order valence-electron chi connectivity index (χ4n) is 2.21. The minimum absolute atomic E-state index is 0.0813. The van der Waals surface area contributed by atoms with Crippen molar-refractivity contribution in [2.45, 2.75) is 12.8 Å². The second-order valence-corrected chi connectivity index (χ2v) is 7.16. The molecule has 1 aromatic rings. The van der Waals surface area contributed by atoms with E-state index in [1.807, 2.05) is 0 Å². The molecule has 1 unspecified atom stereocenters. The number of nitrogens with zero attached hydrogens (tertiary/aromatic N) is 1. The Bertz CT molecular complexity index is 586. The first-order valence-electron chi connectivity index (χ1n) is 5.37. The summed E-state index contributed by atoms with van der Waals surface area (Å²) in [5.41, 5.74) is -0.643. The number of aromatic nitrogens is 1. The number of hydrogen-bond acceptors (Lipinski definition) is 4. The zero-order valence-corrected chi connectivity index (χ0v) is 11.0. The lowest BCUT2D eigenvalue weighted by Crippen LogP contribution is -2.34. The molecule has 1 aliphatic rings. The standard InChI is InChI=1S/C11H12ClNO4S/c12-9-6-13-3-1-8(9)5-11(10(14)15)2-4-18(16,17)7-11/h1,3,6H,2,4-5,7H2,(H,14,15). The van der Waals surface area contributed by atoms with Crippen LogP contribution < -0.4 is 0 Å². The van der Waals surface area contributed by atoms with Crippen molar-refractivity contribution in [3.63, 3.8) is 0 Å². The van der Waals surface area contributed by atoms with Crippen LogP contribution in [0, 0.1) is 5.41 Å². The Balaban J connectivity index is 2.35. The lowest BCUT2D eigenvalue weighted by atomic mass is 9.81. The number of aliphatic carboxylic acids is 1. The molecule has 0 radical (unpaired) electrons. The van der Waals surface area contributed by atoms with Gasteiger partial charge in [0, 0.05) is 12.4 Å². The molecule has 0 bridgehead atoms. The van der Waals surface area contributed by atoms with Crippen LogP contribution in [-0.4, -0.2) is 36.0 Å². The third kappa shape index (κ3) is 2.49. The number of pyridine rings is 1. The van der Waals surface area contributed by atoms with Crippen molar-refractivity contribution in [3.05, 3.63) is 29.0 Å². The molecule has 98 valence electrons. The maximum atomic E-state index is 11.5. The van der Waals surface area contributed by atoms with Crippen LogP contribution in [0.3, 0.4) is 0 Å². The first-order chi connectivity index (χ1) is 8.35. The quantitative estimate of drug-likeness (QED) is 0.903. The van der Waals surface area contributed by atoms with Gasteiger partial charge >= 0.3 is 5.97 Å². The van der Waals surface area contributed by atoms with E-state index >= 15 is 0 Å². The fourth-order valence-corrected chi connectivity index (χ4v) is 4.46. The van der Waals surface area contributed by atoms with Gasteiger partial charge in [-0.25, -0.2) is 8.42 Å². The molecule has 1 aliphatic heterocycles. The van der Waals surface area contributed by atoms with E-state index in [-0.39, 0.29) is 24.3 Å². The predicted octanol–water partition coefficient (Wildman–Crippen LogP) is 1.17. The molecule has 2 rings (SSSR count). The molecule has 7 heteroatoms. The van der Waals surface area contributed by atoms with Gasteiger partial charge in [-0.1, -0.05) is 11.6 Å². The Kier molecular flexibility index (Phi) is 3.33. The van der Waals surface area contributed by atoms with Crippen molar-refractivity contribution in [2.24, 2.45) is 5.41 Å². The van der Waals surface area contributed by atoms with Crippen molar-refractivity contribution in [1.29, 1.82) is 0 Å². The highest BCUT2D eigenvalue weighted by Crippen LogP contribution is 2.37. The molecule has 1 fully saturated rings. The van der Waals surface area contributed by atoms with Crippen molar-refractivity contribution in [3.8, 4) is 0 Å². The van der Waals surface area contributed by atoms with Crippen molar-refractivity contribution in [1.82, 2.24) is 4.98 Å². The molecule has 1 atom stereocenters. The number of carbonyl (C=O) groups is 1. The first kappa shape index (κ1) is 13.3. The van der Waals surface area contributed by atoms with Crippen molar-refractivity contribution in [2.75, 3.05) is 11.5 Å². The van der Waals surface area contributed by atoms with Crippen LogP contribution >= 0.6 is 11.6 Å². The number of halogens is 1. The minimum atomic E-state index is -3.27. The molecule has 0 amide bonds. The summed E-state index contributed by atoms with van der Waals surface area (Å²) in [4.78, 5) is 15.2.